The highest BCUT2D eigenvalue weighted by Gasteiger charge is 2.42. The second-order valence-electron chi connectivity index (χ2n) is 5.52. The molecule has 0 radical (unpaired) electrons. The van der Waals surface area contributed by atoms with E-state index in [0.29, 0.717) is 17.6 Å². The van der Waals surface area contributed by atoms with Crippen molar-refractivity contribution in [1.82, 2.24) is 4.90 Å². The third-order valence-corrected chi connectivity index (χ3v) is 4.12. The van der Waals surface area contributed by atoms with E-state index >= 15 is 0 Å². The van der Waals surface area contributed by atoms with Gasteiger partial charge >= 0.3 is 0 Å². The van der Waals surface area contributed by atoms with Crippen LogP contribution in [-0.4, -0.2) is 36.7 Å². The SMILES string of the molecule is CC.CC[C@H]1CN(CC2(CC)CC2)C[C@H](C)O1. The van der Waals surface area contributed by atoms with E-state index in [4.69, 9.17) is 4.74 Å². The largest absolute Gasteiger partial charge is 0.373 e. The first-order chi connectivity index (χ1) is 8.17. The fourth-order valence-electron chi connectivity index (χ4n) is 2.77. The predicted molar refractivity (Wildman–Crippen MR) is 74.4 cm³/mol. The lowest BCUT2D eigenvalue weighted by molar-refractivity contribution is -0.0820. The van der Waals surface area contributed by atoms with Crippen molar-refractivity contribution in [3.8, 4) is 0 Å². The van der Waals surface area contributed by atoms with Crippen LogP contribution in [0, 0.1) is 5.41 Å². The van der Waals surface area contributed by atoms with Gasteiger partial charge in [-0.3, -0.25) is 4.90 Å². The van der Waals surface area contributed by atoms with Crippen molar-refractivity contribution in [3.05, 3.63) is 0 Å². The maximum Gasteiger partial charge on any atom is 0.0703 e. The van der Waals surface area contributed by atoms with Crippen LogP contribution >= 0.6 is 0 Å². The van der Waals surface area contributed by atoms with Gasteiger partial charge < -0.3 is 4.74 Å². The van der Waals surface area contributed by atoms with Gasteiger partial charge in [0.1, 0.15) is 0 Å². The summed E-state index contributed by atoms with van der Waals surface area (Å²) in [5.74, 6) is 0. The zero-order valence-electron chi connectivity index (χ0n) is 12.5. The van der Waals surface area contributed by atoms with Crippen molar-refractivity contribution in [2.24, 2.45) is 5.41 Å². The Morgan fingerprint density at radius 3 is 2.29 bits per heavy atom. The van der Waals surface area contributed by atoms with Gasteiger partial charge in [0.05, 0.1) is 12.2 Å². The van der Waals surface area contributed by atoms with E-state index in [-0.39, 0.29) is 0 Å². The van der Waals surface area contributed by atoms with Crippen molar-refractivity contribution < 1.29 is 4.74 Å². The second-order valence-corrected chi connectivity index (χ2v) is 5.52. The van der Waals surface area contributed by atoms with Gasteiger partial charge in [-0.05, 0) is 38.0 Å². The van der Waals surface area contributed by atoms with Crippen molar-refractivity contribution in [1.29, 1.82) is 0 Å². The van der Waals surface area contributed by atoms with Crippen LogP contribution in [-0.2, 0) is 4.74 Å². The summed E-state index contributed by atoms with van der Waals surface area (Å²) in [6.07, 6.45) is 6.31. The van der Waals surface area contributed by atoms with Crippen LogP contribution in [0.5, 0.6) is 0 Å². The van der Waals surface area contributed by atoms with E-state index in [1.165, 1.54) is 25.8 Å². The summed E-state index contributed by atoms with van der Waals surface area (Å²) in [7, 11) is 0. The zero-order valence-corrected chi connectivity index (χ0v) is 12.5. The molecule has 1 saturated heterocycles. The van der Waals surface area contributed by atoms with E-state index in [0.717, 1.165) is 19.5 Å². The number of hydrogen-bond donors (Lipinski definition) is 0. The highest BCUT2D eigenvalue weighted by atomic mass is 16.5. The molecule has 0 bridgehead atoms. The molecule has 0 N–H and O–H groups in total. The third-order valence-electron chi connectivity index (χ3n) is 4.12. The molecule has 2 heteroatoms. The maximum absolute atomic E-state index is 5.89. The number of hydrogen-bond acceptors (Lipinski definition) is 2. The molecule has 0 aromatic rings. The van der Waals surface area contributed by atoms with Crippen LogP contribution in [0.4, 0.5) is 0 Å². The highest BCUT2D eigenvalue weighted by molar-refractivity contribution is 4.95. The lowest BCUT2D eigenvalue weighted by atomic mass is 10.0. The van der Waals surface area contributed by atoms with Gasteiger partial charge in [-0.15, -0.1) is 0 Å². The Morgan fingerprint density at radius 2 is 1.82 bits per heavy atom. The Kier molecular flexibility index (Phi) is 5.94. The molecule has 2 fully saturated rings. The van der Waals surface area contributed by atoms with Crippen LogP contribution < -0.4 is 0 Å². The standard InChI is InChI=1S/C13H25NO.C2H6/c1-4-12-9-14(8-11(3)15-12)10-13(5-2)6-7-13;1-2/h11-12H,4-10H2,1-3H3;1-2H3/t11-,12-;/m0./s1. The molecule has 0 spiro atoms. The molecule has 0 amide bonds. The molecule has 2 rings (SSSR count). The molecule has 1 aliphatic heterocycles. The number of rotatable bonds is 4. The third kappa shape index (κ3) is 4.26. The number of nitrogens with zero attached hydrogens (tertiary/aromatic N) is 1. The minimum atomic E-state index is 0.427. The average Bonchev–Trinajstić information content (AvgIpc) is 3.11. The first-order valence-corrected chi connectivity index (χ1v) is 7.55. The van der Waals surface area contributed by atoms with E-state index in [9.17, 15) is 0 Å². The molecule has 0 aromatic heterocycles. The van der Waals surface area contributed by atoms with Crippen LogP contribution in [0.2, 0.25) is 0 Å². The summed E-state index contributed by atoms with van der Waals surface area (Å²) in [6, 6.07) is 0. The molecule has 17 heavy (non-hydrogen) atoms. The maximum atomic E-state index is 5.89. The van der Waals surface area contributed by atoms with E-state index in [2.05, 4.69) is 25.7 Å². The Balaban J connectivity index is 0.000000686. The van der Waals surface area contributed by atoms with Crippen molar-refractivity contribution >= 4 is 0 Å². The van der Waals surface area contributed by atoms with Gasteiger partial charge in [-0.2, -0.15) is 0 Å². The lowest BCUT2D eigenvalue weighted by Crippen LogP contribution is -2.48. The zero-order chi connectivity index (χ0) is 12.9. The molecule has 1 aliphatic carbocycles. The number of morpholine rings is 1. The van der Waals surface area contributed by atoms with Crippen LogP contribution in [0.15, 0.2) is 0 Å². The fraction of sp³-hybridized carbons (Fsp3) is 1.00. The smallest absolute Gasteiger partial charge is 0.0703 e. The first-order valence-electron chi connectivity index (χ1n) is 7.55. The van der Waals surface area contributed by atoms with Gasteiger partial charge in [0.15, 0.2) is 0 Å². The van der Waals surface area contributed by atoms with Gasteiger partial charge in [0.2, 0.25) is 0 Å². The molecule has 2 nitrogen and oxygen atoms in total. The highest BCUT2D eigenvalue weighted by Crippen LogP contribution is 2.49. The topological polar surface area (TPSA) is 12.5 Å². The Labute approximate surface area is 108 Å². The molecule has 0 unspecified atom stereocenters. The predicted octanol–water partition coefficient (Wildman–Crippen LogP) is 3.70. The van der Waals surface area contributed by atoms with Crippen LogP contribution in [0.3, 0.4) is 0 Å². The molecule has 1 heterocycles. The Bertz CT molecular complexity index is 213. The molecular weight excluding hydrogens is 210 g/mol. The summed E-state index contributed by atoms with van der Waals surface area (Å²) in [5.41, 5.74) is 0.690. The molecular formula is C15H31NO. The van der Waals surface area contributed by atoms with Gasteiger partial charge in [-0.25, -0.2) is 0 Å². The summed E-state index contributed by atoms with van der Waals surface area (Å²) < 4.78 is 5.89. The summed E-state index contributed by atoms with van der Waals surface area (Å²) in [5, 5.41) is 0. The summed E-state index contributed by atoms with van der Waals surface area (Å²) >= 11 is 0. The summed E-state index contributed by atoms with van der Waals surface area (Å²) in [6.45, 7) is 14.4. The molecule has 1 saturated carbocycles. The van der Waals surface area contributed by atoms with Crippen molar-refractivity contribution in [2.75, 3.05) is 19.6 Å². The minimum Gasteiger partial charge on any atom is -0.373 e. The molecule has 2 aliphatic rings. The van der Waals surface area contributed by atoms with Gasteiger partial charge in [0, 0.05) is 19.6 Å². The quantitative estimate of drug-likeness (QED) is 0.744. The Hall–Kier alpha value is -0.0800. The molecule has 102 valence electrons. The molecule has 2 atom stereocenters. The molecule has 0 aromatic carbocycles. The first kappa shape index (κ1) is 15.0. The second kappa shape index (κ2) is 6.75. The monoisotopic (exact) mass is 241 g/mol. The summed E-state index contributed by atoms with van der Waals surface area (Å²) in [4.78, 5) is 2.64. The lowest BCUT2D eigenvalue weighted by Gasteiger charge is -2.38. The van der Waals surface area contributed by atoms with Crippen LogP contribution in [0.25, 0.3) is 0 Å². The van der Waals surface area contributed by atoms with Crippen molar-refractivity contribution in [3.63, 3.8) is 0 Å². The van der Waals surface area contributed by atoms with E-state index in [1.54, 1.807) is 0 Å². The van der Waals surface area contributed by atoms with Crippen molar-refractivity contribution in [2.45, 2.75) is 72.5 Å². The Morgan fingerprint density at radius 1 is 1.18 bits per heavy atom. The average molecular weight is 241 g/mol. The van der Waals surface area contributed by atoms with Crippen LogP contribution in [0.1, 0.15) is 60.3 Å². The van der Waals surface area contributed by atoms with Gasteiger partial charge in [-0.1, -0.05) is 27.7 Å². The minimum absolute atomic E-state index is 0.427. The van der Waals surface area contributed by atoms with Gasteiger partial charge in [0.25, 0.3) is 0 Å². The number of ether oxygens (including phenoxy) is 1. The van der Waals surface area contributed by atoms with E-state index < -0.39 is 0 Å². The normalized spacial score (nSPS) is 31.6. The fourth-order valence-corrected chi connectivity index (χ4v) is 2.77. The van der Waals surface area contributed by atoms with E-state index in [1.807, 2.05) is 13.8 Å².